The van der Waals surface area contributed by atoms with Crippen LogP contribution in [0.2, 0.25) is 0 Å². The van der Waals surface area contributed by atoms with E-state index in [1.807, 2.05) is 11.8 Å². The number of fused-ring (bicyclic) bond motifs is 2. The van der Waals surface area contributed by atoms with Gasteiger partial charge in [0.2, 0.25) is 0 Å². The van der Waals surface area contributed by atoms with E-state index < -0.39 is 0 Å². The largest absolute Gasteiger partial charge is 1.00 e. The first kappa shape index (κ1) is 15.2. The monoisotopic (exact) mass is 306 g/mol. The molecule has 1 heterocycles. The molecule has 0 bridgehead atoms. The second kappa shape index (κ2) is 7.02. The maximum atomic E-state index is 2.46. The quantitative estimate of drug-likeness (QED) is 0.795. The van der Waals surface area contributed by atoms with Gasteiger partial charge < -0.3 is 22.6 Å². The molecule has 0 saturated heterocycles. The van der Waals surface area contributed by atoms with Crippen LogP contribution in [0.15, 0.2) is 58.3 Å². The first-order chi connectivity index (χ1) is 9.40. The second-order valence-electron chi connectivity index (χ2n) is 4.74. The van der Waals surface area contributed by atoms with Gasteiger partial charge in [0.1, 0.15) is 0 Å². The maximum Gasteiger partial charge on any atom is 0.0770 e. The Bertz CT molecular complexity index is 528. The van der Waals surface area contributed by atoms with E-state index >= 15 is 0 Å². The van der Waals surface area contributed by atoms with Gasteiger partial charge in [-0.15, -0.1) is 0 Å². The maximum absolute atomic E-state index is 2.46. The SMILES string of the molecule is C[NH2+]CCCN1c2ccccc2Sc2ccccc21.[Cl-]. The number of rotatable bonds is 4. The van der Waals surface area contributed by atoms with Gasteiger partial charge in [-0.3, -0.25) is 0 Å². The molecule has 2 nitrogen and oxygen atoms in total. The Morgan fingerprint density at radius 2 is 1.50 bits per heavy atom. The van der Waals surface area contributed by atoms with Crippen molar-refractivity contribution in [3.63, 3.8) is 0 Å². The molecule has 2 aromatic rings. The van der Waals surface area contributed by atoms with E-state index in [1.165, 1.54) is 34.1 Å². The minimum atomic E-state index is 0. The summed E-state index contributed by atoms with van der Waals surface area (Å²) in [6.45, 7) is 2.26. The van der Waals surface area contributed by atoms with Crippen LogP contribution >= 0.6 is 11.8 Å². The van der Waals surface area contributed by atoms with Crippen molar-refractivity contribution in [3.05, 3.63) is 48.5 Å². The van der Waals surface area contributed by atoms with Crippen LogP contribution in [-0.2, 0) is 0 Å². The van der Waals surface area contributed by atoms with E-state index in [0.717, 1.165) is 6.54 Å². The van der Waals surface area contributed by atoms with Gasteiger partial charge >= 0.3 is 0 Å². The van der Waals surface area contributed by atoms with E-state index in [1.54, 1.807) is 0 Å². The molecule has 0 spiro atoms. The van der Waals surface area contributed by atoms with E-state index in [9.17, 15) is 0 Å². The molecule has 1 aliphatic heterocycles. The van der Waals surface area contributed by atoms with Crippen LogP contribution in [-0.4, -0.2) is 20.1 Å². The van der Waals surface area contributed by atoms with E-state index in [2.05, 4.69) is 65.8 Å². The topological polar surface area (TPSA) is 19.9 Å². The van der Waals surface area contributed by atoms with E-state index in [0.29, 0.717) is 0 Å². The fourth-order valence-corrected chi connectivity index (χ4v) is 3.57. The summed E-state index contributed by atoms with van der Waals surface area (Å²) in [6.07, 6.45) is 1.20. The third-order valence-electron chi connectivity index (χ3n) is 3.41. The molecule has 0 atom stereocenters. The van der Waals surface area contributed by atoms with Crippen molar-refractivity contribution < 1.29 is 17.7 Å². The molecule has 0 unspecified atom stereocenters. The third-order valence-corrected chi connectivity index (χ3v) is 4.54. The first-order valence-electron chi connectivity index (χ1n) is 6.81. The number of para-hydroxylation sites is 2. The van der Waals surface area contributed by atoms with Gasteiger partial charge in [0.15, 0.2) is 0 Å². The summed E-state index contributed by atoms with van der Waals surface area (Å²) in [6, 6.07) is 17.4. The Kier molecular flexibility index (Phi) is 5.35. The predicted octanol–water partition coefficient (Wildman–Crippen LogP) is -0.123. The number of benzene rings is 2. The molecule has 20 heavy (non-hydrogen) atoms. The van der Waals surface area contributed by atoms with Gasteiger partial charge in [-0.05, 0) is 24.3 Å². The molecule has 3 rings (SSSR count). The molecule has 0 saturated carbocycles. The Hall–Kier alpha value is -1.16. The average molecular weight is 307 g/mol. The summed E-state index contributed by atoms with van der Waals surface area (Å²) in [5, 5.41) is 2.25. The number of anilines is 2. The minimum Gasteiger partial charge on any atom is -1.00 e. The zero-order chi connectivity index (χ0) is 13.1. The fraction of sp³-hybridized carbons (Fsp3) is 0.250. The summed E-state index contributed by atoms with van der Waals surface area (Å²) >= 11 is 1.88. The molecule has 2 N–H and O–H groups in total. The third kappa shape index (κ3) is 2.95. The van der Waals surface area contributed by atoms with Crippen molar-refractivity contribution in [1.29, 1.82) is 0 Å². The van der Waals surface area contributed by atoms with Crippen LogP contribution in [0.1, 0.15) is 6.42 Å². The van der Waals surface area contributed by atoms with Gasteiger partial charge in [-0.1, -0.05) is 36.0 Å². The predicted molar refractivity (Wildman–Crippen MR) is 81.3 cm³/mol. The highest BCUT2D eigenvalue weighted by Gasteiger charge is 2.22. The Morgan fingerprint density at radius 1 is 0.950 bits per heavy atom. The van der Waals surface area contributed by atoms with Crippen molar-refractivity contribution in [1.82, 2.24) is 0 Å². The van der Waals surface area contributed by atoms with Crippen LogP contribution in [0.4, 0.5) is 11.4 Å². The van der Waals surface area contributed by atoms with Gasteiger partial charge in [0.05, 0.1) is 25.0 Å². The van der Waals surface area contributed by atoms with Gasteiger partial charge in [0, 0.05) is 22.8 Å². The highest BCUT2D eigenvalue weighted by atomic mass is 35.5. The molecular weight excluding hydrogens is 288 g/mol. The van der Waals surface area contributed by atoms with Crippen LogP contribution in [0.3, 0.4) is 0 Å². The highest BCUT2D eigenvalue weighted by molar-refractivity contribution is 7.99. The van der Waals surface area contributed by atoms with Crippen LogP contribution in [0.25, 0.3) is 0 Å². The van der Waals surface area contributed by atoms with Crippen molar-refractivity contribution in [3.8, 4) is 0 Å². The number of nitrogens with two attached hydrogens (primary N) is 1. The standard InChI is InChI=1S/C16H18N2S.ClH/c1-17-11-6-12-18-13-7-2-4-9-15(13)19-16-10-5-3-8-14(16)18;/h2-5,7-10,17H,6,11-12H2,1H3;1H. The lowest BCUT2D eigenvalue weighted by atomic mass is 10.2. The lowest BCUT2D eigenvalue weighted by Crippen LogP contribution is -3.00. The van der Waals surface area contributed by atoms with Crippen molar-refractivity contribution in [2.45, 2.75) is 16.2 Å². The molecule has 106 valence electrons. The zero-order valence-corrected chi connectivity index (χ0v) is 13.1. The van der Waals surface area contributed by atoms with Crippen LogP contribution in [0, 0.1) is 0 Å². The number of quaternary nitrogens is 1. The molecule has 4 heteroatoms. The summed E-state index contributed by atoms with van der Waals surface area (Å²) in [4.78, 5) is 5.19. The summed E-state index contributed by atoms with van der Waals surface area (Å²) in [5.74, 6) is 0. The molecule has 0 aliphatic carbocycles. The summed E-state index contributed by atoms with van der Waals surface area (Å²) in [7, 11) is 2.13. The highest BCUT2D eigenvalue weighted by Crippen LogP contribution is 2.47. The Morgan fingerprint density at radius 3 is 2.05 bits per heavy atom. The number of hydrogen-bond donors (Lipinski definition) is 1. The van der Waals surface area contributed by atoms with Gasteiger partial charge in [-0.2, -0.15) is 0 Å². The normalized spacial score (nSPS) is 12.3. The molecule has 0 amide bonds. The molecular formula is C16H19ClN2S. The minimum absolute atomic E-state index is 0. The van der Waals surface area contributed by atoms with Crippen LogP contribution in [0.5, 0.6) is 0 Å². The molecule has 1 aliphatic rings. The van der Waals surface area contributed by atoms with Gasteiger partial charge in [-0.25, -0.2) is 0 Å². The van der Waals surface area contributed by atoms with E-state index in [-0.39, 0.29) is 12.4 Å². The second-order valence-corrected chi connectivity index (χ2v) is 5.82. The van der Waals surface area contributed by atoms with Crippen LogP contribution < -0.4 is 22.6 Å². The molecule has 0 radical (unpaired) electrons. The molecule has 0 fully saturated rings. The number of hydrogen-bond acceptors (Lipinski definition) is 2. The number of halogens is 1. The zero-order valence-electron chi connectivity index (χ0n) is 11.6. The number of nitrogens with zero attached hydrogens (tertiary/aromatic N) is 1. The summed E-state index contributed by atoms with van der Waals surface area (Å²) in [5.41, 5.74) is 2.70. The smallest absolute Gasteiger partial charge is 0.0770 e. The van der Waals surface area contributed by atoms with Crippen molar-refractivity contribution in [2.24, 2.45) is 0 Å². The Balaban J connectivity index is 0.00000147. The van der Waals surface area contributed by atoms with Crippen molar-refractivity contribution >= 4 is 23.1 Å². The van der Waals surface area contributed by atoms with E-state index in [4.69, 9.17) is 0 Å². The molecule has 0 aromatic heterocycles. The lowest BCUT2D eigenvalue weighted by molar-refractivity contribution is -0.626. The van der Waals surface area contributed by atoms with Gasteiger partial charge in [0.25, 0.3) is 0 Å². The lowest BCUT2D eigenvalue weighted by Gasteiger charge is -2.32. The van der Waals surface area contributed by atoms with Crippen molar-refractivity contribution in [2.75, 3.05) is 25.0 Å². The molecule has 2 aromatic carbocycles. The summed E-state index contributed by atoms with van der Waals surface area (Å²) < 4.78 is 0. The fourth-order valence-electron chi connectivity index (χ4n) is 2.48. The first-order valence-corrected chi connectivity index (χ1v) is 7.63. The average Bonchev–Trinajstić information content (AvgIpc) is 2.46. The Labute approximate surface area is 131 Å².